The topological polar surface area (TPSA) is 17.1 Å². The van der Waals surface area contributed by atoms with Crippen LogP contribution in [-0.2, 0) is 12.6 Å². The molecule has 4 aromatic rings. The quantitative estimate of drug-likeness (QED) is 0.212. The van der Waals surface area contributed by atoms with E-state index in [9.17, 15) is 18.0 Å². The minimum Gasteiger partial charge on any atom is -0.295 e. The van der Waals surface area contributed by atoms with E-state index in [4.69, 9.17) is 0 Å². The average Bonchev–Trinajstić information content (AvgIpc) is 3.20. The van der Waals surface area contributed by atoms with Gasteiger partial charge in [-0.25, -0.2) is 0 Å². The smallest absolute Gasteiger partial charge is 0.295 e. The van der Waals surface area contributed by atoms with Gasteiger partial charge in [0.1, 0.15) is 0 Å². The fraction of sp³-hybridized carbons (Fsp3) is 0.0800. The van der Waals surface area contributed by atoms with Crippen LogP contribution < -0.4 is 0 Å². The number of thiophene rings is 1. The first kappa shape index (κ1) is 25.8. The highest BCUT2D eigenvalue weighted by molar-refractivity contribution is 8.01. The van der Waals surface area contributed by atoms with Gasteiger partial charge < -0.3 is 0 Å². The highest BCUT2D eigenvalue weighted by Crippen LogP contribution is 2.33. The molecule has 1 aromatic heterocycles. The van der Waals surface area contributed by atoms with Crippen molar-refractivity contribution in [3.05, 3.63) is 103 Å². The summed E-state index contributed by atoms with van der Waals surface area (Å²) in [6.07, 6.45) is 0. The lowest BCUT2D eigenvalue weighted by Gasteiger charge is -1.99. The number of rotatable bonds is 4. The molecule has 0 saturated heterocycles. The van der Waals surface area contributed by atoms with Gasteiger partial charge in [0.2, 0.25) is 4.21 Å². The molecule has 0 unspecified atom stereocenters. The van der Waals surface area contributed by atoms with Gasteiger partial charge in [-0.2, -0.15) is 13.2 Å². The van der Waals surface area contributed by atoms with Crippen LogP contribution in [0.4, 0.5) is 13.2 Å². The second-order valence-electron chi connectivity index (χ2n) is 6.28. The summed E-state index contributed by atoms with van der Waals surface area (Å²) in [7, 11) is 0. The van der Waals surface area contributed by atoms with Crippen LogP contribution in [0.25, 0.3) is 11.1 Å². The van der Waals surface area contributed by atoms with Crippen molar-refractivity contribution in [1.82, 2.24) is 0 Å². The maximum atomic E-state index is 11.1. The Kier molecular flexibility index (Phi) is 11.1. The average molecular weight is 492 g/mol. The third kappa shape index (κ3) is 9.77. The van der Waals surface area contributed by atoms with Crippen molar-refractivity contribution in [3.63, 3.8) is 0 Å². The first-order chi connectivity index (χ1) is 15.3. The van der Waals surface area contributed by atoms with Crippen LogP contribution in [0.15, 0.2) is 110 Å². The monoisotopic (exact) mass is 491 g/mol. The predicted molar refractivity (Wildman–Crippen MR) is 132 cm³/mol. The molecule has 0 aliphatic heterocycles. The second kappa shape index (κ2) is 13.8. The second-order valence-corrected chi connectivity index (χ2v) is 9.64. The number of hydrogen-bond acceptors (Lipinski definition) is 3. The highest BCUT2D eigenvalue weighted by Gasteiger charge is 2.04. The molecule has 0 saturated carbocycles. The zero-order valence-corrected chi connectivity index (χ0v) is 19.8. The van der Waals surface area contributed by atoms with Crippen LogP contribution in [0.3, 0.4) is 0 Å². The molecule has 0 aliphatic rings. The molecule has 0 spiro atoms. The first-order valence-electron chi connectivity index (χ1n) is 9.48. The molecule has 4 rings (SSSR count). The Morgan fingerprint density at radius 1 is 0.781 bits per heavy atom. The number of halogens is 3. The number of benzene rings is 3. The van der Waals surface area contributed by atoms with Gasteiger partial charge in [-0.15, -0.1) is 0 Å². The van der Waals surface area contributed by atoms with E-state index in [-0.39, 0.29) is 5.78 Å². The van der Waals surface area contributed by atoms with E-state index < -0.39 is 6.68 Å². The van der Waals surface area contributed by atoms with Gasteiger partial charge in [0, 0.05) is 29.2 Å². The largest absolute Gasteiger partial charge is 0.379 e. The summed E-state index contributed by atoms with van der Waals surface area (Å²) in [6.45, 7) is -2.09. The molecular formula is C25H22F3OS3+. The minimum absolute atomic E-state index is 0.107. The highest BCUT2D eigenvalue weighted by atomic mass is 32.2. The van der Waals surface area contributed by atoms with Crippen LogP contribution in [0, 0.1) is 0 Å². The molecule has 0 fully saturated rings. The van der Waals surface area contributed by atoms with Crippen molar-refractivity contribution in [2.75, 3.05) is 0 Å². The van der Waals surface area contributed by atoms with Crippen molar-refractivity contribution >= 4 is 41.5 Å². The fourth-order valence-electron chi connectivity index (χ4n) is 2.51. The van der Waals surface area contributed by atoms with E-state index in [1.165, 1.54) is 15.3 Å². The third-order valence-electron chi connectivity index (χ3n) is 3.94. The summed E-state index contributed by atoms with van der Waals surface area (Å²) in [5.41, 5.74) is 3.31. The van der Waals surface area contributed by atoms with Crippen molar-refractivity contribution in [1.29, 1.82) is 0 Å². The van der Waals surface area contributed by atoms with Crippen molar-refractivity contribution < 1.29 is 18.0 Å². The molecule has 0 atom stereocenters. The zero-order valence-electron chi connectivity index (χ0n) is 17.2. The Morgan fingerprint density at radius 2 is 1.25 bits per heavy atom. The molecule has 1 nitrogen and oxygen atoms in total. The zero-order chi connectivity index (χ0) is 23.3. The van der Waals surface area contributed by atoms with Crippen LogP contribution in [0.5, 0.6) is 0 Å². The van der Waals surface area contributed by atoms with Gasteiger partial charge in [-0.1, -0.05) is 95.9 Å². The molecular weight excluding hydrogens is 469 g/mol. The lowest BCUT2D eigenvalue weighted by molar-refractivity contribution is 0.00818. The number of ketones is 1. The van der Waals surface area contributed by atoms with Gasteiger partial charge in [-0.3, -0.25) is 4.79 Å². The van der Waals surface area contributed by atoms with Crippen LogP contribution in [0.2, 0.25) is 0 Å². The van der Waals surface area contributed by atoms with Crippen molar-refractivity contribution in [3.8, 4) is 11.1 Å². The molecule has 7 heteroatoms. The lowest BCUT2D eigenvalue weighted by atomic mass is 10.1. The number of carbonyl (C=O) groups is 1. The van der Waals surface area contributed by atoms with Gasteiger partial charge in [0.25, 0.3) is 0 Å². The van der Waals surface area contributed by atoms with Gasteiger partial charge in [0.05, 0.1) is 4.21 Å². The van der Waals surface area contributed by atoms with Crippen LogP contribution >= 0.6 is 23.1 Å². The summed E-state index contributed by atoms with van der Waals surface area (Å²) in [5.74, 6) is 0.107. The van der Waals surface area contributed by atoms with Crippen LogP contribution in [0.1, 0.15) is 17.3 Å². The van der Waals surface area contributed by atoms with E-state index in [0.717, 1.165) is 14.7 Å². The molecule has 1 heterocycles. The molecule has 3 aromatic carbocycles. The van der Waals surface area contributed by atoms with Crippen molar-refractivity contribution in [2.45, 2.75) is 26.9 Å². The maximum Gasteiger partial charge on any atom is 0.379 e. The Bertz CT molecular complexity index is 1030. The lowest BCUT2D eigenvalue weighted by Crippen LogP contribution is -1.89. The fourth-order valence-corrected chi connectivity index (χ4v) is 5.00. The molecule has 0 amide bonds. The van der Waals surface area contributed by atoms with Crippen LogP contribution in [-0.4, -0.2) is 12.5 Å². The molecule has 0 bridgehead atoms. The Labute approximate surface area is 199 Å². The molecule has 0 N–H and O–H groups in total. The maximum absolute atomic E-state index is 11.1. The SMILES string of the molecule is CC(=O)c1ccc(Sc2ccc([SH2+])s2)cc1.FC(F)F.c1ccc(-c2ccccc2)cc1. The summed E-state index contributed by atoms with van der Waals surface area (Å²) in [6, 6.07) is 32.6. The Morgan fingerprint density at radius 3 is 1.62 bits per heavy atom. The van der Waals surface area contributed by atoms with E-state index in [0.29, 0.717) is 0 Å². The van der Waals surface area contributed by atoms with Gasteiger partial charge in [-0.05, 0) is 36.2 Å². The molecule has 32 heavy (non-hydrogen) atoms. The summed E-state index contributed by atoms with van der Waals surface area (Å²) in [4.78, 5) is 12.3. The number of carbonyl (C=O) groups excluding carboxylic acids is 1. The molecule has 0 aliphatic carbocycles. The van der Waals surface area contributed by atoms with E-state index >= 15 is 0 Å². The standard InChI is InChI=1S/C12H10OS3.C12H10.CHF3/c1-8(13)9-2-4-10(5-3-9)15-12-7-6-11(14)16-12;1-3-7-11(8-4-1)12-9-5-2-6-10-12;2-1(3)4/h2-7,14H,1H3;1-10H;1H/p+1. The van der Waals surface area contributed by atoms with Gasteiger partial charge in [0.15, 0.2) is 5.78 Å². The van der Waals surface area contributed by atoms with E-state index in [1.54, 1.807) is 30.0 Å². The van der Waals surface area contributed by atoms with E-state index in [1.807, 2.05) is 42.5 Å². The first-order valence-corrected chi connectivity index (χ1v) is 11.6. The predicted octanol–water partition coefficient (Wildman–Crippen LogP) is 8.00. The number of alkyl halides is 3. The third-order valence-corrected chi connectivity index (χ3v) is 6.45. The van der Waals surface area contributed by atoms with Crippen molar-refractivity contribution in [2.24, 2.45) is 0 Å². The Hall–Kier alpha value is -2.48. The van der Waals surface area contributed by atoms with E-state index in [2.05, 4.69) is 67.2 Å². The number of hydrogen-bond donors (Lipinski definition) is 0. The number of Topliss-reactive ketones (excluding diaryl/α,β-unsaturated/α-hetero) is 1. The summed E-state index contributed by atoms with van der Waals surface area (Å²) >= 11 is 6.89. The Balaban J connectivity index is 0.000000200. The summed E-state index contributed by atoms with van der Waals surface area (Å²) in [5, 5.41) is 0. The summed E-state index contributed by atoms with van der Waals surface area (Å²) < 4.78 is 31.4. The molecule has 0 radical (unpaired) electrons. The minimum atomic E-state index is -3.67. The molecule has 166 valence electrons. The normalized spacial score (nSPS) is 9.94. The van der Waals surface area contributed by atoms with Gasteiger partial charge >= 0.3 is 6.68 Å².